The van der Waals surface area contributed by atoms with Crippen molar-refractivity contribution in [3.63, 3.8) is 0 Å². The van der Waals surface area contributed by atoms with Crippen LogP contribution in [0.4, 0.5) is 0 Å². The van der Waals surface area contributed by atoms with E-state index in [1.54, 1.807) is 0 Å². The van der Waals surface area contributed by atoms with Gasteiger partial charge in [0.2, 0.25) is 0 Å². The number of nitrogens with zero attached hydrogens (tertiary/aromatic N) is 1. The number of fused-ring (bicyclic) bond motifs is 3. The summed E-state index contributed by atoms with van der Waals surface area (Å²) in [5.41, 5.74) is 5.32. The number of aromatic nitrogens is 1. The van der Waals surface area contributed by atoms with E-state index in [0.29, 0.717) is 0 Å². The van der Waals surface area contributed by atoms with Crippen LogP contribution in [0.2, 0.25) is 0 Å². The first-order chi connectivity index (χ1) is 9.84. The Balaban J connectivity index is 2.12. The summed E-state index contributed by atoms with van der Waals surface area (Å²) in [7, 11) is 0. The first-order valence-electron chi connectivity index (χ1n) is 6.88. The largest absolute Gasteiger partial charge is 0.313 e. The third kappa shape index (κ3) is 1.75. The zero-order chi connectivity index (χ0) is 13.5. The Morgan fingerprint density at radius 2 is 1.60 bits per heavy atom. The fourth-order valence-electron chi connectivity index (χ4n) is 3.06. The Labute approximate surface area is 126 Å². The second-order valence-corrected chi connectivity index (χ2v) is 6.16. The Kier molecular flexibility index (Phi) is 2.78. The van der Waals surface area contributed by atoms with Crippen LogP contribution in [0.15, 0.2) is 59.1 Å². The van der Waals surface area contributed by atoms with Crippen LogP contribution in [0.5, 0.6) is 0 Å². The number of rotatable bonds is 1. The zero-order valence-corrected chi connectivity index (χ0v) is 12.6. The number of para-hydroxylation sites is 2. The molecule has 1 aliphatic rings. The van der Waals surface area contributed by atoms with E-state index in [9.17, 15) is 0 Å². The molecule has 20 heavy (non-hydrogen) atoms. The molecule has 1 heterocycles. The van der Waals surface area contributed by atoms with Gasteiger partial charge in [-0.1, -0.05) is 52.3 Å². The van der Waals surface area contributed by atoms with Crippen molar-refractivity contribution in [2.75, 3.05) is 0 Å². The van der Waals surface area contributed by atoms with Crippen molar-refractivity contribution in [2.45, 2.75) is 12.8 Å². The van der Waals surface area contributed by atoms with E-state index in [0.717, 1.165) is 12.8 Å². The van der Waals surface area contributed by atoms with E-state index in [2.05, 4.69) is 81.2 Å². The maximum absolute atomic E-state index is 3.66. The molecular formula is C18H14BrN. The van der Waals surface area contributed by atoms with Gasteiger partial charge in [0.15, 0.2) is 0 Å². The highest BCUT2D eigenvalue weighted by atomic mass is 79.9. The highest BCUT2D eigenvalue weighted by Gasteiger charge is 2.19. The van der Waals surface area contributed by atoms with Crippen molar-refractivity contribution in [1.29, 1.82) is 0 Å². The summed E-state index contributed by atoms with van der Waals surface area (Å²) >= 11 is 3.66. The Hall–Kier alpha value is -1.80. The highest BCUT2D eigenvalue weighted by Crippen LogP contribution is 2.36. The van der Waals surface area contributed by atoms with Crippen molar-refractivity contribution in [3.8, 4) is 5.69 Å². The fourth-order valence-corrected chi connectivity index (χ4v) is 3.49. The fraction of sp³-hybridized carbons (Fsp3) is 0.111. The van der Waals surface area contributed by atoms with Crippen LogP contribution >= 0.6 is 15.9 Å². The number of benzene rings is 2. The van der Waals surface area contributed by atoms with Gasteiger partial charge >= 0.3 is 0 Å². The van der Waals surface area contributed by atoms with E-state index >= 15 is 0 Å². The monoisotopic (exact) mass is 323 g/mol. The van der Waals surface area contributed by atoms with Crippen LogP contribution < -0.4 is 0 Å². The Bertz CT molecular complexity index is 812. The molecule has 0 saturated heterocycles. The van der Waals surface area contributed by atoms with Gasteiger partial charge in [0, 0.05) is 22.3 Å². The normalized spacial score (nSPS) is 14.2. The third-order valence-electron chi connectivity index (χ3n) is 3.93. The average molecular weight is 324 g/mol. The van der Waals surface area contributed by atoms with Gasteiger partial charge in [0.25, 0.3) is 0 Å². The molecule has 4 rings (SSSR count). The molecule has 1 aliphatic carbocycles. The number of allylic oxidation sites excluding steroid dienone is 1. The molecule has 0 N–H and O–H groups in total. The van der Waals surface area contributed by atoms with Crippen LogP contribution in [0.1, 0.15) is 17.7 Å². The summed E-state index contributed by atoms with van der Waals surface area (Å²) in [6, 6.07) is 19.3. The van der Waals surface area contributed by atoms with Crippen LogP contribution in [0, 0.1) is 0 Å². The minimum atomic E-state index is 1.08. The van der Waals surface area contributed by atoms with Crippen LogP contribution in [0.3, 0.4) is 0 Å². The molecule has 0 aliphatic heterocycles. The predicted octanol–water partition coefficient (Wildman–Crippen LogP) is 5.31. The molecule has 0 spiro atoms. The molecule has 98 valence electrons. The summed E-state index contributed by atoms with van der Waals surface area (Å²) < 4.78 is 3.70. The van der Waals surface area contributed by atoms with E-state index in [4.69, 9.17) is 0 Å². The first-order valence-corrected chi connectivity index (χ1v) is 7.68. The smallest absolute Gasteiger partial charge is 0.0537 e. The SMILES string of the molecule is BrC1=Cc2c(n(-c3ccccc3)c3ccccc23)CC1. The van der Waals surface area contributed by atoms with Crippen molar-refractivity contribution >= 4 is 32.9 Å². The van der Waals surface area contributed by atoms with Crippen molar-refractivity contribution in [2.24, 2.45) is 0 Å². The van der Waals surface area contributed by atoms with Gasteiger partial charge in [-0.2, -0.15) is 0 Å². The number of hydrogen-bond acceptors (Lipinski definition) is 0. The van der Waals surface area contributed by atoms with Gasteiger partial charge in [-0.25, -0.2) is 0 Å². The number of hydrogen-bond donors (Lipinski definition) is 0. The van der Waals surface area contributed by atoms with Gasteiger partial charge in [0.1, 0.15) is 0 Å². The van der Waals surface area contributed by atoms with Gasteiger partial charge < -0.3 is 4.57 Å². The molecule has 0 bridgehead atoms. The van der Waals surface area contributed by atoms with Crippen LogP contribution in [-0.2, 0) is 6.42 Å². The second-order valence-electron chi connectivity index (χ2n) is 5.14. The second kappa shape index (κ2) is 4.64. The molecule has 0 fully saturated rings. The van der Waals surface area contributed by atoms with Gasteiger partial charge in [-0.3, -0.25) is 0 Å². The summed E-state index contributed by atoms with van der Waals surface area (Å²) in [5.74, 6) is 0. The van der Waals surface area contributed by atoms with Crippen molar-refractivity contribution in [3.05, 3.63) is 70.3 Å². The van der Waals surface area contributed by atoms with E-state index < -0.39 is 0 Å². The van der Waals surface area contributed by atoms with E-state index in [1.807, 2.05) is 0 Å². The van der Waals surface area contributed by atoms with E-state index in [1.165, 1.54) is 32.3 Å². The van der Waals surface area contributed by atoms with Crippen LogP contribution in [0.25, 0.3) is 22.7 Å². The molecule has 0 amide bonds. The lowest BCUT2D eigenvalue weighted by molar-refractivity contribution is 0.883. The van der Waals surface area contributed by atoms with Gasteiger partial charge in [-0.05, 0) is 41.6 Å². The number of halogens is 1. The lowest BCUT2D eigenvalue weighted by atomic mass is 10.0. The maximum Gasteiger partial charge on any atom is 0.0537 e. The minimum absolute atomic E-state index is 1.08. The first kappa shape index (κ1) is 12.0. The lowest BCUT2D eigenvalue weighted by Gasteiger charge is -2.14. The van der Waals surface area contributed by atoms with Crippen molar-refractivity contribution in [1.82, 2.24) is 4.57 Å². The quantitative estimate of drug-likeness (QED) is 0.571. The molecular weight excluding hydrogens is 310 g/mol. The topological polar surface area (TPSA) is 4.93 Å². The average Bonchev–Trinajstić information content (AvgIpc) is 2.82. The predicted molar refractivity (Wildman–Crippen MR) is 88.5 cm³/mol. The summed E-state index contributed by atoms with van der Waals surface area (Å²) in [4.78, 5) is 0. The molecule has 1 aromatic heterocycles. The zero-order valence-electron chi connectivity index (χ0n) is 11.0. The molecule has 3 aromatic rings. The molecule has 2 heteroatoms. The van der Waals surface area contributed by atoms with Crippen LogP contribution in [-0.4, -0.2) is 4.57 Å². The summed E-state index contributed by atoms with van der Waals surface area (Å²) in [5, 5.41) is 1.34. The van der Waals surface area contributed by atoms with Crippen molar-refractivity contribution < 1.29 is 0 Å². The maximum atomic E-state index is 3.66. The third-order valence-corrected chi connectivity index (χ3v) is 4.56. The molecule has 0 radical (unpaired) electrons. The summed E-state index contributed by atoms with van der Waals surface area (Å²) in [6.45, 7) is 0. The van der Waals surface area contributed by atoms with Gasteiger partial charge in [0.05, 0.1) is 5.52 Å². The van der Waals surface area contributed by atoms with E-state index in [-0.39, 0.29) is 0 Å². The summed E-state index contributed by atoms with van der Waals surface area (Å²) in [6.07, 6.45) is 4.44. The molecule has 0 saturated carbocycles. The molecule has 0 atom stereocenters. The molecule has 0 unspecified atom stereocenters. The lowest BCUT2D eigenvalue weighted by Crippen LogP contribution is -2.03. The molecule has 1 nitrogen and oxygen atoms in total. The Morgan fingerprint density at radius 3 is 2.45 bits per heavy atom. The minimum Gasteiger partial charge on any atom is -0.313 e. The standard InChI is InChI=1S/C18H14BrN/c19-13-10-11-18-16(12-13)15-8-4-5-9-17(15)20(18)14-6-2-1-3-7-14/h1-9,12H,10-11H2. The van der Waals surface area contributed by atoms with Gasteiger partial charge in [-0.15, -0.1) is 0 Å². The highest BCUT2D eigenvalue weighted by molar-refractivity contribution is 9.11. The molecule has 2 aromatic carbocycles. The Morgan fingerprint density at radius 1 is 0.850 bits per heavy atom.